The van der Waals surface area contributed by atoms with E-state index in [4.69, 9.17) is 4.52 Å². The summed E-state index contributed by atoms with van der Waals surface area (Å²) in [5, 5.41) is 10.4. The number of hydrogen-bond acceptors (Lipinski definition) is 5. The average molecular weight is 322 g/mol. The molecule has 5 nitrogen and oxygen atoms in total. The Morgan fingerprint density at radius 1 is 1.13 bits per heavy atom. The average Bonchev–Trinajstić information content (AvgIpc) is 3.27. The summed E-state index contributed by atoms with van der Waals surface area (Å²) in [5.74, 6) is 1.16. The summed E-state index contributed by atoms with van der Waals surface area (Å²) in [6, 6.07) is 12.1. The summed E-state index contributed by atoms with van der Waals surface area (Å²) < 4.78 is 7.27. The molecule has 0 bridgehead atoms. The SMILES string of the molecule is Cc1ccsc1-c1nc(-c2cccc(-c3ccnn3C)c2)no1. The van der Waals surface area contributed by atoms with E-state index in [1.54, 1.807) is 17.5 Å². The highest BCUT2D eigenvalue weighted by Gasteiger charge is 2.14. The van der Waals surface area contributed by atoms with E-state index < -0.39 is 0 Å². The molecule has 0 fully saturated rings. The predicted molar refractivity (Wildman–Crippen MR) is 90.0 cm³/mol. The molecule has 0 atom stereocenters. The van der Waals surface area contributed by atoms with Crippen LogP contribution in [-0.4, -0.2) is 19.9 Å². The molecule has 0 saturated heterocycles. The quantitative estimate of drug-likeness (QED) is 0.568. The summed E-state index contributed by atoms with van der Waals surface area (Å²) >= 11 is 1.61. The highest BCUT2D eigenvalue weighted by Crippen LogP contribution is 2.30. The predicted octanol–water partition coefficient (Wildman–Crippen LogP) is 4.17. The number of rotatable bonds is 3. The summed E-state index contributed by atoms with van der Waals surface area (Å²) in [5.41, 5.74) is 4.19. The lowest BCUT2D eigenvalue weighted by Gasteiger charge is -2.03. The van der Waals surface area contributed by atoms with Gasteiger partial charge in [-0.05, 0) is 36.1 Å². The van der Waals surface area contributed by atoms with Gasteiger partial charge in [-0.15, -0.1) is 11.3 Å². The Kier molecular flexibility index (Phi) is 3.31. The van der Waals surface area contributed by atoms with Gasteiger partial charge in [0.2, 0.25) is 5.82 Å². The Morgan fingerprint density at radius 3 is 2.74 bits per heavy atom. The summed E-state index contributed by atoms with van der Waals surface area (Å²) in [6.45, 7) is 2.04. The van der Waals surface area contributed by atoms with E-state index in [9.17, 15) is 0 Å². The van der Waals surface area contributed by atoms with Crippen LogP contribution in [0.1, 0.15) is 5.56 Å². The first kappa shape index (κ1) is 13.9. The summed E-state index contributed by atoms with van der Waals surface area (Å²) in [7, 11) is 1.92. The minimum absolute atomic E-state index is 0.568. The second kappa shape index (κ2) is 5.48. The molecule has 114 valence electrons. The molecular formula is C17H14N4OS. The fraction of sp³-hybridized carbons (Fsp3) is 0.118. The molecular weight excluding hydrogens is 308 g/mol. The second-order valence-corrected chi connectivity index (χ2v) is 6.19. The number of thiophene rings is 1. The molecule has 0 N–H and O–H groups in total. The van der Waals surface area contributed by atoms with Crippen LogP contribution in [0.25, 0.3) is 33.4 Å². The van der Waals surface area contributed by atoms with E-state index in [0.29, 0.717) is 11.7 Å². The van der Waals surface area contributed by atoms with Crippen molar-refractivity contribution in [1.82, 2.24) is 19.9 Å². The van der Waals surface area contributed by atoms with Gasteiger partial charge in [0.1, 0.15) is 0 Å². The number of benzene rings is 1. The topological polar surface area (TPSA) is 56.7 Å². The highest BCUT2D eigenvalue weighted by atomic mass is 32.1. The van der Waals surface area contributed by atoms with Gasteiger partial charge in [-0.3, -0.25) is 4.68 Å². The van der Waals surface area contributed by atoms with E-state index >= 15 is 0 Å². The van der Waals surface area contributed by atoms with Crippen LogP contribution in [0.5, 0.6) is 0 Å². The highest BCUT2D eigenvalue weighted by molar-refractivity contribution is 7.13. The van der Waals surface area contributed by atoms with E-state index in [0.717, 1.165) is 27.3 Å². The second-order valence-electron chi connectivity index (χ2n) is 5.28. The third-order valence-electron chi connectivity index (χ3n) is 3.72. The van der Waals surface area contributed by atoms with Crippen molar-refractivity contribution in [2.45, 2.75) is 6.92 Å². The van der Waals surface area contributed by atoms with Crippen LogP contribution in [0, 0.1) is 6.92 Å². The first-order valence-electron chi connectivity index (χ1n) is 7.19. The molecule has 3 aromatic heterocycles. The van der Waals surface area contributed by atoms with Crippen LogP contribution in [0.3, 0.4) is 0 Å². The van der Waals surface area contributed by atoms with Crippen LogP contribution >= 0.6 is 11.3 Å². The zero-order valence-electron chi connectivity index (χ0n) is 12.7. The molecule has 0 aliphatic carbocycles. The van der Waals surface area contributed by atoms with Gasteiger partial charge in [0.25, 0.3) is 5.89 Å². The first-order chi connectivity index (χ1) is 11.2. The summed E-state index contributed by atoms with van der Waals surface area (Å²) in [4.78, 5) is 5.56. The number of aryl methyl sites for hydroxylation is 2. The fourth-order valence-electron chi connectivity index (χ4n) is 2.50. The largest absolute Gasteiger partial charge is 0.333 e. The molecule has 0 unspecified atom stereocenters. The van der Waals surface area contributed by atoms with Crippen LogP contribution in [0.4, 0.5) is 0 Å². The maximum atomic E-state index is 5.43. The standard InChI is InChI=1S/C17H14N4OS/c1-11-7-9-23-15(11)17-19-16(20-22-17)13-5-3-4-12(10-13)14-6-8-18-21(14)2/h3-10H,1-2H3. The Labute approximate surface area is 137 Å². The maximum Gasteiger partial charge on any atom is 0.268 e. The van der Waals surface area contributed by atoms with Crippen molar-refractivity contribution >= 4 is 11.3 Å². The number of nitrogens with zero attached hydrogens (tertiary/aromatic N) is 4. The van der Waals surface area contributed by atoms with Gasteiger partial charge in [0, 0.05) is 24.4 Å². The zero-order chi connectivity index (χ0) is 15.8. The first-order valence-corrected chi connectivity index (χ1v) is 8.07. The van der Waals surface area contributed by atoms with Crippen molar-refractivity contribution in [3.05, 3.63) is 53.5 Å². The lowest BCUT2D eigenvalue weighted by molar-refractivity contribution is 0.433. The van der Waals surface area contributed by atoms with Crippen LogP contribution < -0.4 is 0 Å². The van der Waals surface area contributed by atoms with Gasteiger partial charge in [-0.25, -0.2) is 0 Å². The molecule has 0 amide bonds. The maximum absolute atomic E-state index is 5.43. The molecule has 0 saturated carbocycles. The Morgan fingerprint density at radius 2 is 2.00 bits per heavy atom. The van der Waals surface area contributed by atoms with Crippen LogP contribution in [0.15, 0.2) is 52.5 Å². The van der Waals surface area contributed by atoms with E-state index in [1.807, 2.05) is 60.4 Å². The molecule has 0 aliphatic rings. The molecule has 6 heteroatoms. The Hall–Kier alpha value is -2.73. The van der Waals surface area contributed by atoms with Gasteiger partial charge in [0.15, 0.2) is 0 Å². The van der Waals surface area contributed by atoms with Gasteiger partial charge >= 0.3 is 0 Å². The fourth-order valence-corrected chi connectivity index (χ4v) is 3.35. The smallest absolute Gasteiger partial charge is 0.268 e. The number of aromatic nitrogens is 4. The van der Waals surface area contributed by atoms with Crippen molar-refractivity contribution in [1.29, 1.82) is 0 Å². The lowest BCUT2D eigenvalue weighted by Crippen LogP contribution is -1.93. The van der Waals surface area contributed by atoms with Crippen molar-refractivity contribution in [2.24, 2.45) is 7.05 Å². The molecule has 23 heavy (non-hydrogen) atoms. The van der Waals surface area contributed by atoms with Crippen molar-refractivity contribution in [3.63, 3.8) is 0 Å². The molecule has 4 rings (SSSR count). The Balaban J connectivity index is 1.73. The Bertz CT molecular complexity index is 966. The van der Waals surface area contributed by atoms with E-state index in [2.05, 4.69) is 15.2 Å². The van der Waals surface area contributed by atoms with Crippen LogP contribution in [-0.2, 0) is 7.05 Å². The number of hydrogen-bond donors (Lipinski definition) is 0. The van der Waals surface area contributed by atoms with Crippen LogP contribution in [0.2, 0.25) is 0 Å². The lowest BCUT2D eigenvalue weighted by atomic mass is 10.1. The monoisotopic (exact) mass is 322 g/mol. The minimum atomic E-state index is 0.568. The molecule has 4 aromatic rings. The molecule has 3 heterocycles. The molecule has 0 radical (unpaired) electrons. The molecule has 0 spiro atoms. The third-order valence-corrected chi connectivity index (χ3v) is 4.72. The van der Waals surface area contributed by atoms with Crippen molar-refractivity contribution in [2.75, 3.05) is 0 Å². The summed E-state index contributed by atoms with van der Waals surface area (Å²) in [6.07, 6.45) is 1.79. The van der Waals surface area contributed by atoms with Crippen molar-refractivity contribution < 1.29 is 4.52 Å². The minimum Gasteiger partial charge on any atom is -0.333 e. The molecule has 1 aromatic carbocycles. The van der Waals surface area contributed by atoms with E-state index in [1.165, 1.54) is 0 Å². The zero-order valence-corrected chi connectivity index (χ0v) is 13.5. The third kappa shape index (κ3) is 2.47. The van der Waals surface area contributed by atoms with Gasteiger partial charge in [0.05, 0.1) is 10.6 Å². The van der Waals surface area contributed by atoms with Gasteiger partial charge < -0.3 is 4.52 Å². The normalized spacial score (nSPS) is 11.0. The van der Waals surface area contributed by atoms with Gasteiger partial charge in [-0.1, -0.05) is 23.4 Å². The van der Waals surface area contributed by atoms with Gasteiger partial charge in [-0.2, -0.15) is 10.1 Å². The van der Waals surface area contributed by atoms with E-state index in [-0.39, 0.29) is 0 Å². The molecule has 0 aliphatic heterocycles. The van der Waals surface area contributed by atoms with Crippen molar-refractivity contribution in [3.8, 4) is 33.4 Å².